The number of thioether (sulfide) groups is 1. The Bertz CT molecular complexity index is 1070. The van der Waals surface area contributed by atoms with Crippen molar-refractivity contribution in [3.63, 3.8) is 0 Å². The van der Waals surface area contributed by atoms with Gasteiger partial charge in [0.15, 0.2) is 5.17 Å². The molecule has 0 aliphatic carbocycles. The van der Waals surface area contributed by atoms with Crippen molar-refractivity contribution >= 4 is 28.9 Å². The lowest BCUT2D eigenvalue weighted by atomic mass is 9.70. The second-order valence-electron chi connectivity index (χ2n) is 7.98. The number of aliphatic hydroxyl groups is 1. The maximum atomic E-state index is 12.1. The van der Waals surface area contributed by atoms with Gasteiger partial charge in [-0.2, -0.15) is 0 Å². The molecule has 8 nitrogen and oxygen atoms in total. The molecule has 2 aliphatic heterocycles. The minimum Gasteiger partial charge on any atom is -0.478 e. The molecule has 0 bridgehead atoms. The summed E-state index contributed by atoms with van der Waals surface area (Å²) in [5.41, 5.74) is 0.835. The number of rotatable bonds is 5. The molecule has 2 heterocycles. The van der Waals surface area contributed by atoms with Crippen molar-refractivity contribution < 1.29 is 29.6 Å². The Balaban J connectivity index is 1.96. The zero-order chi connectivity index (χ0) is 23.0. The molecular formula is C23H24N2O6S. The maximum Gasteiger partial charge on any atom is 0.335 e. The van der Waals surface area contributed by atoms with Gasteiger partial charge in [0.1, 0.15) is 5.44 Å². The average molecular weight is 457 g/mol. The molecule has 1 saturated heterocycles. The third kappa shape index (κ3) is 3.87. The molecule has 0 unspecified atom stereocenters. The summed E-state index contributed by atoms with van der Waals surface area (Å²) in [4.78, 5) is 30.8. The molecule has 3 N–H and O–H groups in total. The minimum atomic E-state index is -1.09. The lowest BCUT2D eigenvalue weighted by Crippen LogP contribution is -2.47. The number of amidine groups is 1. The number of aliphatic hydroxyl groups excluding tert-OH is 1. The van der Waals surface area contributed by atoms with E-state index in [1.807, 2.05) is 19.0 Å². The SMILES string of the molecule is CN(C)C1=N[C@@H]2[C@@H](c3ccccc3C(=O)O)[C@@H](c3ccccc3C(=O)O)[C@H](CO)O[C@@H]2S1. The molecule has 32 heavy (non-hydrogen) atoms. The van der Waals surface area contributed by atoms with E-state index in [1.54, 1.807) is 36.4 Å². The van der Waals surface area contributed by atoms with Gasteiger partial charge in [-0.1, -0.05) is 48.2 Å². The van der Waals surface area contributed by atoms with Gasteiger partial charge in [-0.15, -0.1) is 0 Å². The van der Waals surface area contributed by atoms with E-state index in [1.165, 1.54) is 23.9 Å². The van der Waals surface area contributed by atoms with Crippen LogP contribution in [0.5, 0.6) is 0 Å². The summed E-state index contributed by atoms with van der Waals surface area (Å²) in [6, 6.07) is 12.8. The zero-order valence-corrected chi connectivity index (χ0v) is 18.4. The standard InChI is InChI=1S/C23H24N2O6S/c1-25(2)23-24-19-18(13-8-4-6-10-15(13)21(29)30)17(16(11-26)31-22(19)32-23)12-7-3-5-9-14(12)20(27)28/h3-10,16-19,22,26H,11H2,1-2H3,(H,27,28)(H,29,30)/t16-,17-,18-,19+,22+/m0/s1. The number of carboxylic acid groups (broad SMARTS) is 2. The van der Waals surface area contributed by atoms with Gasteiger partial charge in [0, 0.05) is 25.9 Å². The van der Waals surface area contributed by atoms with Crippen LogP contribution in [-0.4, -0.2) is 75.6 Å². The number of benzene rings is 2. The van der Waals surface area contributed by atoms with E-state index in [9.17, 15) is 24.9 Å². The smallest absolute Gasteiger partial charge is 0.335 e. The van der Waals surface area contributed by atoms with Crippen LogP contribution in [-0.2, 0) is 4.74 Å². The first-order chi connectivity index (χ1) is 15.3. The first-order valence-electron chi connectivity index (χ1n) is 10.2. The molecule has 0 saturated carbocycles. The highest BCUT2D eigenvalue weighted by Gasteiger charge is 2.51. The number of hydrogen-bond donors (Lipinski definition) is 3. The van der Waals surface area contributed by atoms with Crippen LogP contribution >= 0.6 is 11.8 Å². The summed E-state index contributed by atoms with van der Waals surface area (Å²) in [5.74, 6) is -3.29. The highest BCUT2D eigenvalue weighted by Crippen LogP contribution is 2.52. The third-order valence-electron chi connectivity index (χ3n) is 5.89. The van der Waals surface area contributed by atoms with Gasteiger partial charge in [-0.3, -0.25) is 4.99 Å². The largest absolute Gasteiger partial charge is 0.478 e. The van der Waals surface area contributed by atoms with Crippen molar-refractivity contribution in [1.29, 1.82) is 0 Å². The van der Waals surface area contributed by atoms with Crippen LogP contribution in [0.1, 0.15) is 43.7 Å². The van der Waals surface area contributed by atoms with Crippen molar-refractivity contribution in [2.24, 2.45) is 4.99 Å². The number of nitrogens with zero attached hydrogens (tertiary/aromatic N) is 2. The highest BCUT2D eigenvalue weighted by atomic mass is 32.2. The van der Waals surface area contributed by atoms with E-state index in [0.717, 1.165) is 5.17 Å². The third-order valence-corrected chi connectivity index (χ3v) is 7.19. The van der Waals surface area contributed by atoms with Gasteiger partial charge < -0.3 is 25.0 Å². The van der Waals surface area contributed by atoms with Gasteiger partial charge in [-0.05, 0) is 23.3 Å². The van der Waals surface area contributed by atoms with Crippen LogP contribution in [0.3, 0.4) is 0 Å². The second-order valence-corrected chi connectivity index (χ2v) is 9.04. The number of aromatic carboxylic acids is 2. The van der Waals surface area contributed by atoms with Crippen LogP contribution in [0.25, 0.3) is 0 Å². The summed E-state index contributed by atoms with van der Waals surface area (Å²) < 4.78 is 6.23. The van der Waals surface area contributed by atoms with E-state index in [-0.39, 0.29) is 17.7 Å². The quantitative estimate of drug-likeness (QED) is 0.628. The molecule has 0 spiro atoms. The van der Waals surface area contributed by atoms with Gasteiger partial charge in [0.2, 0.25) is 0 Å². The number of carbonyl (C=O) groups is 2. The van der Waals surface area contributed by atoms with Gasteiger partial charge in [-0.25, -0.2) is 9.59 Å². The molecule has 168 valence electrons. The summed E-state index contributed by atoms with van der Waals surface area (Å²) >= 11 is 1.42. The Morgan fingerprint density at radius 2 is 1.50 bits per heavy atom. The topological polar surface area (TPSA) is 120 Å². The molecule has 2 aromatic carbocycles. The monoisotopic (exact) mass is 456 g/mol. The summed E-state index contributed by atoms with van der Waals surface area (Å²) in [6.07, 6.45) is -0.729. The molecule has 5 atom stereocenters. The fraction of sp³-hybridized carbons (Fsp3) is 0.348. The second kappa shape index (κ2) is 8.93. The van der Waals surface area contributed by atoms with Crippen molar-refractivity contribution in [2.45, 2.75) is 29.4 Å². The van der Waals surface area contributed by atoms with Crippen LogP contribution in [0.2, 0.25) is 0 Å². The molecule has 2 aliphatic rings. The van der Waals surface area contributed by atoms with E-state index in [0.29, 0.717) is 11.1 Å². The highest BCUT2D eigenvalue weighted by molar-refractivity contribution is 8.14. The normalized spacial score (nSPS) is 26.8. The zero-order valence-electron chi connectivity index (χ0n) is 17.6. The Kier molecular flexibility index (Phi) is 6.23. The lowest BCUT2D eigenvalue weighted by Gasteiger charge is -2.44. The minimum absolute atomic E-state index is 0.0956. The van der Waals surface area contributed by atoms with Crippen LogP contribution < -0.4 is 0 Å². The number of fused-ring (bicyclic) bond motifs is 1. The summed E-state index contributed by atoms with van der Waals surface area (Å²) in [5, 5.41) is 30.7. The van der Waals surface area contributed by atoms with Crippen molar-refractivity contribution in [3.8, 4) is 0 Å². The molecule has 0 radical (unpaired) electrons. The number of hydrogen-bond acceptors (Lipinski definition) is 7. The number of ether oxygens (including phenoxy) is 1. The molecular weight excluding hydrogens is 432 g/mol. The predicted octanol–water partition coefficient (Wildman–Crippen LogP) is 2.70. The Morgan fingerprint density at radius 3 is 2.00 bits per heavy atom. The fourth-order valence-electron chi connectivity index (χ4n) is 4.56. The van der Waals surface area contributed by atoms with E-state index in [2.05, 4.69) is 0 Å². The molecule has 2 aromatic rings. The van der Waals surface area contributed by atoms with Gasteiger partial charge in [0.05, 0.1) is 29.9 Å². The van der Waals surface area contributed by atoms with Crippen LogP contribution in [0, 0.1) is 0 Å². The molecule has 0 amide bonds. The number of aliphatic imine (C=N–C) groups is 1. The Hall–Kier alpha value is -2.88. The number of carboxylic acids is 2. The van der Waals surface area contributed by atoms with Gasteiger partial charge >= 0.3 is 11.9 Å². The lowest BCUT2D eigenvalue weighted by molar-refractivity contribution is -0.0636. The fourth-order valence-corrected chi connectivity index (χ4v) is 5.73. The van der Waals surface area contributed by atoms with Crippen molar-refractivity contribution in [3.05, 3.63) is 70.8 Å². The van der Waals surface area contributed by atoms with Gasteiger partial charge in [0.25, 0.3) is 0 Å². The molecule has 9 heteroatoms. The Morgan fingerprint density at radius 1 is 0.969 bits per heavy atom. The molecule has 4 rings (SSSR count). The van der Waals surface area contributed by atoms with E-state index >= 15 is 0 Å². The van der Waals surface area contributed by atoms with Crippen molar-refractivity contribution in [2.75, 3.05) is 20.7 Å². The predicted molar refractivity (Wildman–Crippen MR) is 121 cm³/mol. The van der Waals surface area contributed by atoms with Crippen molar-refractivity contribution in [1.82, 2.24) is 4.90 Å². The van der Waals surface area contributed by atoms with Crippen LogP contribution in [0.15, 0.2) is 53.5 Å². The van der Waals surface area contributed by atoms with Crippen LogP contribution in [0.4, 0.5) is 0 Å². The average Bonchev–Trinajstić information content (AvgIpc) is 3.22. The first-order valence-corrected chi connectivity index (χ1v) is 11.0. The Labute approximate surface area is 189 Å². The first kappa shape index (κ1) is 22.3. The van der Waals surface area contributed by atoms with E-state index < -0.39 is 41.4 Å². The molecule has 0 aromatic heterocycles. The summed E-state index contributed by atoms with van der Waals surface area (Å²) in [7, 11) is 3.73. The van der Waals surface area contributed by atoms with E-state index in [4.69, 9.17) is 9.73 Å². The maximum absolute atomic E-state index is 12.1. The summed E-state index contributed by atoms with van der Waals surface area (Å²) in [6.45, 7) is -0.342. The molecule has 1 fully saturated rings.